The number of nitrogens with one attached hydrogen (secondary N) is 2. The van der Waals surface area contributed by atoms with Gasteiger partial charge in [-0.25, -0.2) is 4.79 Å². The number of urea groups is 1. The highest BCUT2D eigenvalue weighted by Gasteiger charge is 2.24. The Kier molecular flexibility index (Phi) is 4.65. The number of piperidine rings is 1. The van der Waals surface area contributed by atoms with Crippen LogP contribution in [0.4, 0.5) is 4.79 Å². The third-order valence-electron chi connectivity index (χ3n) is 3.43. The predicted octanol–water partition coefficient (Wildman–Crippen LogP) is 1.13. The Balaban J connectivity index is 1.73. The van der Waals surface area contributed by atoms with Crippen LogP contribution in [0.25, 0.3) is 0 Å². The molecule has 0 bridgehead atoms. The minimum Gasteiger partial charge on any atom is -0.469 e. The van der Waals surface area contributed by atoms with Crippen molar-refractivity contribution in [2.45, 2.75) is 38.3 Å². The molecule has 1 aliphatic rings. The minimum atomic E-state index is -0.197. The number of likely N-dealkylation sites (N-methyl/N-ethyl adjacent to an activating group) is 1. The molecule has 20 heavy (non-hydrogen) atoms. The molecule has 2 rings (SSSR count). The standard InChI is InChI=1S/C14H21N3O3/c1-10(8-12-4-3-7-20-12)15-14(19)16-11-5-6-13(18)17(2)9-11/h3-4,7,10-11H,5-6,8-9H2,1-2H3,(H2,15,16,19)/t10-,11+/m1/s1. The number of nitrogens with zero attached hydrogens (tertiary/aromatic N) is 1. The lowest BCUT2D eigenvalue weighted by Gasteiger charge is -2.30. The van der Waals surface area contributed by atoms with Crippen LogP contribution in [0.2, 0.25) is 0 Å². The van der Waals surface area contributed by atoms with Crippen LogP contribution in [0.1, 0.15) is 25.5 Å². The summed E-state index contributed by atoms with van der Waals surface area (Å²) in [5, 5.41) is 5.78. The predicted molar refractivity (Wildman–Crippen MR) is 74.2 cm³/mol. The molecule has 6 nitrogen and oxygen atoms in total. The van der Waals surface area contributed by atoms with Gasteiger partial charge in [-0.3, -0.25) is 4.79 Å². The highest BCUT2D eigenvalue weighted by molar-refractivity contribution is 5.78. The van der Waals surface area contributed by atoms with Crippen molar-refractivity contribution >= 4 is 11.9 Å². The fourth-order valence-corrected chi connectivity index (χ4v) is 2.36. The van der Waals surface area contributed by atoms with E-state index in [-0.39, 0.29) is 24.0 Å². The maximum Gasteiger partial charge on any atom is 0.315 e. The summed E-state index contributed by atoms with van der Waals surface area (Å²) < 4.78 is 5.25. The Morgan fingerprint density at radius 1 is 1.60 bits per heavy atom. The largest absolute Gasteiger partial charge is 0.469 e. The second kappa shape index (κ2) is 6.45. The lowest BCUT2D eigenvalue weighted by Crippen LogP contribution is -2.52. The normalized spacial score (nSPS) is 20.6. The zero-order chi connectivity index (χ0) is 14.5. The number of furan rings is 1. The van der Waals surface area contributed by atoms with E-state index in [2.05, 4.69) is 10.6 Å². The molecule has 2 atom stereocenters. The van der Waals surface area contributed by atoms with Crippen molar-refractivity contribution in [3.8, 4) is 0 Å². The van der Waals surface area contributed by atoms with Gasteiger partial charge in [-0.1, -0.05) is 0 Å². The molecule has 1 aromatic heterocycles. The molecule has 0 aromatic carbocycles. The molecule has 0 unspecified atom stereocenters. The number of rotatable bonds is 4. The fourth-order valence-electron chi connectivity index (χ4n) is 2.36. The minimum absolute atomic E-state index is 0.0101. The number of amides is 3. The lowest BCUT2D eigenvalue weighted by atomic mass is 10.1. The van der Waals surface area contributed by atoms with Crippen molar-refractivity contribution in [3.63, 3.8) is 0 Å². The molecule has 0 radical (unpaired) electrons. The van der Waals surface area contributed by atoms with Crippen molar-refractivity contribution in [1.82, 2.24) is 15.5 Å². The third-order valence-corrected chi connectivity index (χ3v) is 3.43. The van der Waals surface area contributed by atoms with E-state index in [0.717, 1.165) is 5.76 Å². The van der Waals surface area contributed by atoms with E-state index in [9.17, 15) is 9.59 Å². The van der Waals surface area contributed by atoms with Gasteiger partial charge in [0.1, 0.15) is 5.76 Å². The van der Waals surface area contributed by atoms with Gasteiger partial charge in [0.25, 0.3) is 0 Å². The monoisotopic (exact) mass is 279 g/mol. The molecule has 2 heterocycles. The first-order valence-electron chi connectivity index (χ1n) is 6.88. The van der Waals surface area contributed by atoms with E-state index in [4.69, 9.17) is 4.42 Å². The first-order chi connectivity index (χ1) is 9.54. The van der Waals surface area contributed by atoms with Crippen molar-refractivity contribution in [1.29, 1.82) is 0 Å². The second-order valence-electron chi connectivity index (χ2n) is 5.31. The van der Waals surface area contributed by atoms with Crippen LogP contribution in [0, 0.1) is 0 Å². The second-order valence-corrected chi connectivity index (χ2v) is 5.31. The number of likely N-dealkylation sites (tertiary alicyclic amines) is 1. The summed E-state index contributed by atoms with van der Waals surface area (Å²) >= 11 is 0. The van der Waals surface area contributed by atoms with Gasteiger partial charge in [0.15, 0.2) is 0 Å². The molecule has 3 amide bonds. The van der Waals surface area contributed by atoms with Crippen molar-refractivity contribution in [2.75, 3.05) is 13.6 Å². The Hall–Kier alpha value is -1.98. The quantitative estimate of drug-likeness (QED) is 0.867. The molecule has 0 spiro atoms. The average molecular weight is 279 g/mol. The molecule has 110 valence electrons. The first-order valence-corrected chi connectivity index (χ1v) is 6.88. The van der Waals surface area contributed by atoms with Crippen molar-refractivity contribution in [2.24, 2.45) is 0 Å². The summed E-state index contributed by atoms with van der Waals surface area (Å²) in [6, 6.07) is 3.53. The summed E-state index contributed by atoms with van der Waals surface area (Å²) in [5.74, 6) is 0.982. The van der Waals surface area contributed by atoms with E-state index in [1.54, 1.807) is 18.2 Å². The molecule has 1 aliphatic heterocycles. The zero-order valence-corrected chi connectivity index (χ0v) is 11.9. The Labute approximate surface area is 118 Å². The number of hydrogen-bond acceptors (Lipinski definition) is 3. The van der Waals surface area contributed by atoms with Crippen LogP contribution in [0.5, 0.6) is 0 Å². The average Bonchev–Trinajstić information content (AvgIpc) is 2.86. The number of hydrogen-bond donors (Lipinski definition) is 2. The van der Waals surface area contributed by atoms with Gasteiger partial charge in [-0.05, 0) is 25.5 Å². The summed E-state index contributed by atoms with van der Waals surface area (Å²) in [7, 11) is 1.76. The fraction of sp³-hybridized carbons (Fsp3) is 0.571. The lowest BCUT2D eigenvalue weighted by molar-refractivity contribution is -0.132. The maximum atomic E-state index is 11.9. The highest BCUT2D eigenvalue weighted by atomic mass is 16.3. The SMILES string of the molecule is C[C@H](Cc1ccco1)NC(=O)N[C@H]1CCC(=O)N(C)C1. The van der Waals surface area contributed by atoms with E-state index < -0.39 is 0 Å². The third kappa shape index (κ3) is 4.01. The molecule has 0 aliphatic carbocycles. The van der Waals surface area contributed by atoms with E-state index >= 15 is 0 Å². The highest BCUT2D eigenvalue weighted by Crippen LogP contribution is 2.09. The van der Waals surface area contributed by atoms with Gasteiger partial charge in [-0.15, -0.1) is 0 Å². The van der Waals surface area contributed by atoms with Gasteiger partial charge < -0.3 is 20.0 Å². The Morgan fingerprint density at radius 2 is 2.40 bits per heavy atom. The molecule has 0 saturated carbocycles. The van der Waals surface area contributed by atoms with E-state index in [1.165, 1.54) is 0 Å². The molecular formula is C14H21N3O3. The Bertz CT molecular complexity index is 458. The van der Waals surface area contributed by atoms with Crippen molar-refractivity contribution < 1.29 is 14.0 Å². The molecule has 1 fully saturated rings. The molecule has 1 aromatic rings. The van der Waals surface area contributed by atoms with E-state index in [1.807, 2.05) is 19.1 Å². The topological polar surface area (TPSA) is 74.6 Å². The number of carbonyl (C=O) groups excluding carboxylic acids is 2. The summed E-state index contributed by atoms with van der Waals surface area (Å²) in [6.45, 7) is 2.50. The van der Waals surface area contributed by atoms with Crippen LogP contribution in [0.15, 0.2) is 22.8 Å². The van der Waals surface area contributed by atoms with Gasteiger partial charge >= 0.3 is 6.03 Å². The van der Waals surface area contributed by atoms with Crippen LogP contribution >= 0.6 is 0 Å². The molecule has 2 N–H and O–H groups in total. The Morgan fingerprint density at radius 3 is 3.05 bits per heavy atom. The van der Waals surface area contributed by atoms with Crippen LogP contribution in [-0.2, 0) is 11.2 Å². The van der Waals surface area contributed by atoms with Gasteiger partial charge in [0.2, 0.25) is 5.91 Å². The number of carbonyl (C=O) groups is 2. The van der Waals surface area contributed by atoms with Crippen LogP contribution in [-0.4, -0.2) is 42.5 Å². The zero-order valence-electron chi connectivity index (χ0n) is 11.9. The van der Waals surface area contributed by atoms with E-state index in [0.29, 0.717) is 25.8 Å². The van der Waals surface area contributed by atoms with Gasteiger partial charge in [0, 0.05) is 38.5 Å². The van der Waals surface area contributed by atoms with Gasteiger partial charge in [-0.2, -0.15) is 0 Å². The van der Waals surface area contributed by atoms with Crippen LogP contribution in [0.3, 0.4) is 0 Å². The first kappa shape index (κ1) is 14.4. The molecule has 6 heteroatoms. The van der Waals surface area contributed by atoms with Crippen LogP contribution < -0.4 is 10.6 Å². The summed E-state index contributed by atoms with van der Waals surface area (Å²) in [4.78, 5) is 24.9. The van der Waals surface area contributed by atoms with Crippen molar-refractivity contribution in [3.05, 3.63) is 24.2 Å². The summed E-state index contributed by atoms with van der Waals surface area (Å²) in [6.07, 6.45) is 3.47. The molecular weight excluding hydrogens is 258 g/mol. The smallest absolute Gasteiger partial charge is 0.315 e. The maximum absolute atomic E-state index is 11.9. The van der Waals surface area contributed by atoms with Gasteiger partial charge in [0.05, 0.1) is 6.26 Å². The summed E-state index contributed by atoms with van der Waals surface area (Å²) in [5.41, 5.74) is 0. The molecule has 1 saturated heterocycles.